The average molecular weight is 237 g/mol. The molecule has 3 nitrogen and oxygen atoms in total. The maximum absolute atomic E-state index is 11.0. The van der Waals surface area contributed by atoms with Gasteiger partial charge in [0.1, 0.15) is 0 Å². The van der Waals surface area contributed by atoms with Gasteiger partial charge in [0, 0.05) is 12.6 Å². The lowest BCUT2D eigenvalue weighted by molar-refractivity contribution is -0.148. The van der Waals surface area contributed by atoms with Crippen LogP contribution in [0.4, 0.5) is 0 Å². The van der Waals surface area contributed by atoms with E-state index in [1.807, 2.05) is 0 Å². The van der Waals surface area contributed by atoms with Crippen LogP contribution in [-0.2, 0) is 4.79 Å². The van der Waals surface area contributed by atoms with Crippen LogP contribution in [0.5, 0.6) is 0 Å². The summed E-state index contributed by atoms with van der Waals surface area (Å²) < 4.78 is 0. The summed E-state index contributed by atoms with van der Waals surface area (Å²) in [6.45, 7) is 1.13. The predicted molar refractivity (Wildman–Crippen MR) is 65.7 cm³/mol. The molecule has 0 saturated heterocycles. The standard InChI is InChI=1S/C14H23NO2/c1-15(13-5-4-12(13)14(16)17)8-11-7-9-2-3-10(11)6-9/h9-13H,2-8H2,1H3,(H,16,17). The van der Waals surface area contributed by atoms with E-state index in [1.165, 1.54) is 25.7 Å². The van der Waals surface area contributed by atoms with E-state index in [4.69, 9.17) is 5.11 Å². The minimum atomic E-state index is -0.596. The zero-order chi connectivity index (χ0) is 12.0. The van der Waals surface area contributed by atoms with Crippen molar-refractivity contribution in [2.24, 2.45) is 23.7 Å². The van der Waals surface area contributed by atoms with Gasteiger partial charge in [0.2, 0.25) is 0 Å². The van der Waals surface area contributed by atoms with Crippen molar-refractivity contribution < 1.29 is 9.90 Å². The zero-order valence-electron chi connectivity index (χ0n) is 10.6. The molecule has 1 N–H and O–H groups in total. The van der Waals surface area contributed by atoms with Crippen molar-refractivity contribution in [3.63, 3.8) is 0 Å². The van der Waals surface area contributed by atoms with Crippen LogP contribution in [0.2, 0.25) is 0 Å². The summed E-state index contributed by atoms with van der Waals surface area (Å²) in [5.41, 5.74) is 0. The van der Waals surface area contributed by atoms with Gasteiger partial charge in [0.15, 0.2) is 0 Å². The molecule has 3 aliphatic carbocycles. The van der Waals surface area contributed by atoms with E-state index in [0.717, 1.165) is 37.1 Å². The normalized spacial score (nSPS) is 44.0. The van der Waals surface area contributed by atoms with Gasteiger partial charge in [-0.1, -0.05) is 6.42 Å². The molecule has 0 aromatic rings. The maximum Gasteiger partial charge on any atom is 0.308 e. The van der Waals surface area contributed by atoms with Gasteiger partial charge in [-0.2, -0.15) is 0 Å². The van der Waals surface area contributed by atoms with Crippen LogP contribution in [0, 0.1) is 23.7 Å². The average Bonchev–Trinajstić information content (AvgIpc) is 2.75. The molecule has 2 bridgehead atoms. The maximum atomic E-state index is 11.0. The lowest BCUT2D eigenvalue weighted by Crippen LogP contribution is -2.50. The quantitative estimate of drug-likeness (QED) is 0.815. The van der Waals surface area contributed by atoms with Crippen LogP contribution in [0.25, 0.3) is 0 Å². The summed E-state index contributed by atoms with van der Waals surface area (Å²) in [5.74, 6) is 2.11. The molecule has 17 heavy (non-hydrogen) atoms. The molecule has 3 fully saturated rings. The van der Waals surface area contributed by atoms with Crippen LogP contribution in [0.3, 0.4) is 0 Å². The van der Waals surface area contributed by atoms with Crippen molar-refractivity contribution in [2.75, 3.05) is 13.6 Å². The number of aliphatic carboxylic acids is 1. The Labute approximate surface area is 103 Å². The monoisotopic (exact) mass is 237 g/mol. The molecule has 5 atom stereocenters. The Morgan fingerprint density at radius 1 is 1.24 bits per heavy atom. The molecule has 3 rings (SSSR count). The number of fused-ring (bicyclic) bond motifs is 2. The first-order valence-electron chi connectivity index (χ1n) is 7.08. The van der Waals surface area contributed by atoms with Crippen molar-refractivity contribution in [3.05, 3.63) is 0 Å². The first-order valence-corrected chi connectivity index (χ1v) is 7.08. The third-order valence-corrected chi connectivity index (χ3v) is 5.53. The van der Waals surface area contributed by atoms with Gasteiger partial charge < -0.3 is 10.0 Å². The molecule has 0 amide bonds. The Morgan fingerprint density at radius 3 is 2.53 bits per heavy atom. The van der Waals surface area contributed by atoms with Gasteiger partial charge in [-0.3, -0.25) is 4.79 Å². The summed E-state index contributed by atoms with van der Waals surface area (Å²) in [6, 6.07) is 0.312. The smallest absolute Gasteiger partial charge is 0.308 e. The summed E-state index contributed by atoms with van der Waals surface area (Å²) in [5, 5.41) is 9.09. The molecule has 3 heteroatoms. The zero-order valence-corrected chi connectivity index (χ0v) is 10.6. The van der Waals surface area contributed by atoms with Crippen molar-refractivity contribution >= 4 is 5.97 Å². The molecule has 0 aromatic carbocycles. The topological polar surface area (TPSA) is 40.5 Å². The van der Waals surface area contributed by atoms with E-state index in [-0.39, 0.29) is 5.92 Å². The lowest BCUT2D eigenvalue weighted by Gasteiger charge is -2.42. The third-order valence-electron chi connectivity index (χ3n) is 5.53. The summed E-state index contributed by atoms with van der Waals surface area (Å²) in [7, 11) is 2.13. The number of hydrogen-bond acceptors (Lipinski definition) is 2. The minimum absolute atomic E-state index is 0.0985. The number of rotatable bonds is 4. The number of carboxylic acid groups (broad SMARTS) is 1. The predicted octanol–water partition coefficient (Wildman–Crippen LogP) is 2.22. The fourth-order valence-electron chi connectivity index (χ4n) is 4.40. The van der Waals surface area contributed by atoms with Gasteiger partial charge in [0.25, 0.3) is 0 Å². The highest BCUT2D eigenvalue weighted by atomic mass is 16.4. The van der Waals surface area contributed by atoms with Crippen LogP contribution in [0.15, 0.2) is 0 Å². The molecule has 3 aliphatic rings. The Hall–Kier alpha value is -0.570. The molecule has 0 heterocycles. The first-order chi connectivity index (χ1) is 8.15. The Bertz CT molecular complexity index is 317. The van der Waals surface area contributed by atoms with Gasteiger partial charge in [0.05, 0.1) is 5.92 Å². The van der Waals surface area contributed by atoms with Gasteiger partial charge in [-0.15, -0.1) is 0 Å². The van der Waals surface area contributed by atoms with Gasteiger partial charge in [-0.25, -0.2) is 0 Å². The largest absolute Gasteiger partial charge is 0.481 e. The first kappa shape index (κ1) is 11.5. The van der Waals surface area contributed by atoms with Crippen molar-refractivity contribution in [1.29, 1.82) is 0 Å². The third kappa shape index (κ3) is 1.99. The van der Waals surface area contributed by atoms with Crippen molar-refractivity contribution in [3.8, 4) is 0 Å². The molecule has 0 aromatic heterocycles. The van der Waals surface area contributed by atoms with E-state index >= 15 is 0 Å². The Morgan fingerprint density at radius 2 is 2.06 bits per heavy atom. The molecule has 96 valence electrons. The van der Waals surface area contributed by atoms with Crippen LogP contribution >= 0.6 is 0 Å². The molecule has 5 unspecified atom stereocenters. The van der Waals surface area contributed by atoms with Gasteiger partial charge in [-0.05, 0) is 56.9 Å². The summed E-state index contributed by atoms with van der Waals surface area (Å²) in [6.07, 6.45) is 7.68. The highest BCUT2D eigenvalue weighted by Gasteiger charge is 2.43. The van der Waals surface area contributed by atoms with Crippen LogP contribution < -0.4 is 0 Å². The van der Waals surface area contributed by atoms with Crippen molar-refractivity contribution in [2.45, 2.75) is 44.6 Å². The SMILES string of the molecule is CN(CC1CC2CCC1C2)C1CCC1C(=O)O. The summed E-state index contributed by atoms with van der Waals surface area (Å²) >= 11 is 0. The lowest BCUT2D eigenvalue weighted by atomic mass is 9.78. The molecule has 0 spiro atoms. The molecule has 3 saturated carbocycles. The van der Waals surface area contributed by atoms with E-state index in [0.29, 0.717) is 6.04 Å². The van der Waals surface area contributed by atoms with E-state index < -0.39 is 5.97 Å². The Kier molecular flexibility index (Phi) is 2.89. The number of carbonyl (C=O) groups is 1. The fourth-order valence-corrected chi connectivity index (χ4v) is 4.40. The number of carboxylic acids is 1. The second-order valence-electron chi connectivity index (χ2n) is 6.46. The van der Waals surface area contributed by atoms with Gasteiger partial charge >= 0.3 is 5.97 Å². The molecule has 0 radical (unpaired) electrons. The summed E-state index contributed by atoms with van der Waals surface area (Å²) in [4.78, 5) is 13.4. The van der Waals surface area contributed by atoms with Crippen molar-refractivity contribution in [1.82, 2.24) is 4.90 Å². The van der Waals surface area contributed by atoms with Crippen LogP contribution in [-0.4, -0.2) is 35.6 Å². The minimum Gasteiger partial charge on any atom is -0.481 e. The van der Waals surface area contributed by atoms with E-state index in [2.05, 4.69) is 11.9 Å². The van der Waals surface area contributed by atoms with Crippen LogP contribution in [0.1, 0.15) is 38.5 Å². The Balaban J connectivity index is 1.53. The van der Waals surface area contributed by atoms with E-state index in [1.54, 1.807) is 0 Å². The fraction of sp³-hybridized carbons (Fsp3) is 0.929. The van der Waals surface area contributed by atoms with E-state index in [9.17, 15) is 4.79 Å². The highest BCUT2D eigenvalue weighted by Crippen LogP contribution is 2.48. The molecular weight excluding hydrogens is 214 g/mol. The second-order valence-corrected chi connectivity index (χ2v) is 6.46. The number of nitrogens with zero attached hydrogens (tertiary/aromatic N) is 1. The number of hydrogen-bond donors (Lipinski definition) is 1. The molecular formula is C14H23NO2. The second kappa shape index (κ2) is 4.27. The highest BCUT2D eigenvalue weighted by molar-refractivity contribution is 5.72. The molecule has 0 aliphatic heterocycles.